The van der Waals surface area contributed by atoms with Crippen LogP contribution in [0.5, 0.6) is 0 Å². The minimum absolute atomic E-state index is 0.288. The summed E-state index contributed by atoms with van der Waals surface area (Å²) in [6.07, 6.45) is 3.52. The van der Waals surface area contributed by atoms with E-state index in [1.54, 1.807) is 6.33 Å². The van der Waals surface area contributed by atoms with Crippen LogP contribution in [0, 0.1) is 11.8 Å². The van der Waals surface area contributed by atoms with E-state index >= 15 is 0 Å². The van der Waals surface area contributed by atoms with Gasteiger partial charge >= 0.3 is 0 Å². The monoisotopic (exact) mass is 258 g/mol. The molecule has 0 aliphatic carbocycles. The average Bonchev–Trinajstić information content (AvgIpc) is 2.71. The van der Waals surface area contributed by atoms with Gasteiger partial charge < -0.3 is 4.57 Å². The molecule has 0 radical (unpaired) electrons. The Labute approximate surface area is 114 Å². The fourth-order valence-electron chi connectivity index (χ4n) is 2.67. The fourth-order valence-corrected chi connectivity index (χ4v) is 2.67. The smallest absolute Gasteiger partial charge is 0.152 e. The van der Waals surface area contributed by atoms with Gasteiger partial charge in [-0.1, -0.05) is 32.9 Å². The Hall–Kier alpha value is -1.64. The van der Waals surface area contributed by atoms with Crippen molar-refractivity contribution in [3.8, 4) is 0 Å². The van der Waals surface area contributed by atoms with Crippen molar-refractivity contribution in [3.05, 3.63) is 30.6 Å². The molecule has 1 unspecified atom stereocenters. The Morgan fingerprint density at radius 1 is 1.26 bits per heavy atom. The predicted octanol–water partition coefficient (Wildman–Crippen LogP) is 3.68. The lowest BCUT2D eigenvalue weighted by atomic mass is 9.94. The molecule has 0 N–H and O–H groups in total. The van der Waals surface area contributed by atoms with Crippen LogP contribution in [0.1, 0.15) is 33.6 Å². The number of benzene rings is 1. The van der Waals surface area contributed by atoms with E-state index < -0.39 is 0 Å². The molecule has 1 aromatic heterocycles. The molecule has 102 valence electrons. The molecule has 0 amide bonds. The highest BCUT2D eigenvalue weighted by Gasteiger charge is 2.12. The number of hydrogen-bond acceptors (Lipinski definition) is 2. The number of hydrogen-bond donors (Lipinski definition) is 0. The van der Waals surface area contributed by atoms with Crippen molar-refractivity contribution >= 4 is 16.8 Å². The minimum atomic E-state index is 0.288. The third-order valence-corrected chi connectivity index (χ3v) is 3.32. The molecule has 0 bridgehead atoms. The van der Waals surface area contributed by atoms with Crippen LogP contribution < -0.4 is 0 Å². The molecule has 0 spiro atoms. The van der Waals surface area contributed by atoms with Crippen molar-refractivity contribution in [1.82, 2.24) is 9.55 Å². The highest BCUT2D eigenvalue weighted by atomic mass is 16.1. The molecule has 1 aromatic carbocycles. The zero-order valence-corrected chi connectivity index (χ0v) is 12.0. The van der Waals surface area contributed by atoms with E-state index in [1.165, 1.54) is 0 Å². The first-order valence-electron chi connectivity index (χ1n) is 6.98. The normalized spacial score (nSPS) is 13.1. The van der Waals surface area contributed by atoms with Crippen LogP contribution in [0.15, 0.2) is 30.6 Å². The Morgan fingerprint density at radius 3 is 2.74 bits per heavy atom. The molecule has 1 atom stereocenters. The van der Waals surface area contributed by atoms with Gasteiger partial charge in [0.05, 0.1) is 23.9 Å². The highest BCUT2D eigenvalue weighted by Crippen LogP contribution is 2.16. The van der Waals surface area contributed by atoms with Crippen molar-refractivity contribution in [2.75, 3.05) is 0 Å². The zero-order chi connectivity index (χ0) is 13.8. The van der Waals surface area contributed by atoms with Gasteiger partial charge in [-0.15, -0.1) is 0 Å². The number of Topliss-reactive ketones (excluding diaryl/α,β-unsaturated/α-hetero) is 1. The second-order valence-electron chi connectivity index (χ2n) is 5.84. The maximum Gasteiger partial charge on any atom is 0.152 e. The molecule has 0 saturated heterocycles. The molecule has 3 nitrogen and oxygen atoms in total. The van der Waals surface area contributed by atoms with E-state index in [1.807, 2.05) is 28.8 Å². The summed E-state index contributed by atoms with van der Waals surface area (Å²) in [4.78, 5) is 16.4. The number of carbonyl (C=O) groups is 1. The summed E-state index contributed by atoms with van der Waals surface area (Å²) in [6, 6.07) is 7.92. The number of imidazole rings is 1. The highest BCUT2D eigenvalue weighted by molar-refractivity contribution is 5.81. The summed E-state index contributed by atoms with van der Waals surface area (Å²) in [7, 11) is 0. The first kappa shape index (κ1) is 13.8. The second-order valence-corrected chi connectivity index (χ2v) is 5.84. The summed E-state index contributed by atoms with van der Waals surface area (Å²) >= 11 is 0. The van der Waals surface area contributed by atoms with Gasteiger partial charge in [-0.2, -0.15) is 0 Å². The SMILES string of the molecule is CC(C)CC(C)CC(=O)Cn1cnc2ccccc21. The lowest BCUT2D eigenvalue weighted by Gasteiger charge is -2.13. The zero-order valence-electron chi connectivity index (χ0n) is 12.0. The molecule has 3 heteroatoms. The van der Waals surface area contributed by atoms with Crippen LogP contribution in [0.25, 0.3) is 11.0 Å². The van der Waals surface area contributed by atoms with Gasteiger partial charge in [0.25, 0.3) is 0 Å². The molecule has 0 aliphatic heterocycles. The molecule has 0 fully saturated rings. The van der Waals surface area contributed by atoms with Gasteiger partial charge in [-0.3, -0.25) is 4.79 Å². The molecular weight excluding hydrogens is 236 g/mol. The summed E-state index contributed by atoms with van der Waals surface area (Å²) in [5.74, 6) is 1.40. The van der Waals surface area contributed by atoms with Crippen LogP contribution in [-0.2, 0) is 11.3 Å². The van der Waals surface area contributed by atoms with Crippen LogP contribution in [0.2, 0.25) is 0 Å². The van der Waals surface area contributed by atoms with Gasteiger partial charge in [0.15, 0.2) is 5.78 Å². The number of nitrogens with zero attached hydrogens (tertiary/aromatic N) is 2. The van der Waals surface area contributed by atoms with Crippen molar-refractivity contribution in [2.45, 2.75) is 40.2 Å². The van der Waals surface area contributed by atoms with Gasteiger partial charge in [0.1, 0.15) is 0 Å². The number of aromatic nitrogens is 2. The molecule has 1 heterocycles. The van der Waals surface area contributed by atoms with E-state index in [-0.39, 0.29) is 5.78 Å². The van der Waals surface area contributed by atoms with Gasteiger partial charge in [0, 0.05) is 6.42 Å². The summed E-state index contributed by atoms with van der Waals surface area (Å²) in [5.41, 5.74) is 1.98. The number of carbonyl (C=O) groups excluding carboxylic acids is 1. The Kier molecular flexibility index (Phi) is 4.35. The molecule has 2 rings (SSSR count). The van der Waals surface area contributed by atoms with Gasteiger partial charge in [-0.05, 0) is 30.4 Å². The third kappa shape index (κ3) is 3.66. The third-order valence-electron chi connectivity index (χ3n) is 3.32. The van der Waals surface area contributed by atoms with Crippen molar-refractivity contribution in [2.24, 2.45) is 11.8 Å². The Morgan fingerprint density at radius 2 is 2.00 bits per heavy atom. The first-order valence-corrected chi connectivity index (χ1v) is 6.98. The minimum Gasteiger partial charge on any atom is -0.323 e. The lowest BCUT2D eigenvalue weighted by molar-refractivity contribution is -0.120. The second kappa shape index (κ2) is 6.00. The lowest BCUT2D eigenvalue weighted by Crippen LogP contribution is -2.13. The van der Waals surface area contributed by atoms with Gasteiger partial charge in [-0.25, -0.2) is 4.98 Å². The fraction of sp³-hybridized carbons (Fsp3) is 0.500. The van der Waals surface area contributed by atoms with Gasteiger partial charge in [0.2, 0.25) is 0 Å². The number of para-hydroxylation sites is 2. The van der Waals surface area contributed by atoms with Crippen LogP contribution in [0.3, 0.4) is 0 Å². The molecule has 0 saturated carbocycles. The standard InChI is InChI=1S/C16H22N2O/c1-12(2)8-13(3)9-14(19)10-18-11-17-15-6-4-5-7-16(15)18/h4-7,11-13H,8-10H2,1-3H3. The number of rotatable bonds is 6. The summed E-state index contributed by atoms with van der Waals surface area (Å²) in [6.45, 7) is 6.99. The van der Waals surface area contributed by atoms with E-state index in [0.29, 0.717) is 24.8 Å². The average molecular weight is 258 g/mol. The maximum atomic E-state index is 12.1. The van der Waals surface area contributed by atoms with E-state index in [2.05, 4.69) is 25.8 Å². The van der Waals surface area contributed by atoms with E-state index in [4.69, 9.17) is 0 Å². The number of fused-ring (bicyclic) bond motifs is 1. The Balaban J connectivity index is 1.99. The van der Waals surface area contributed by atoms with Crippen molar-refractivity contribution < 1.29 is 4.79 Å². The number of ketones is 1. The molecular formula is C16H22N2O. The van der Waals surface area contributed by atoms with Crippen molar-refractivity contribution in [1.29, 1.82) is 0 Å². The van der Waals surface area contributed by atoms with E-state index in [9.17, 15) is 4.79 Å². The predicted molar refractivity (Wildman–Crippen MR) is 78.0 cm³/mol. The van der Waals surface area contributed by atoms with Crippen LogP contribution in [0.4, 0.5) is 0 Å². The van der Waals surface area contributed by atoms with Crippen LogP contribution in [-0.4, -0.2) is 15.3 Å². The topological polar surface area (TPSA) is 34.9 Å². The van der Waals surface area contributed by atoms with E-state index in [0.717, 1.165) is 17.5 Å². The summed E-state index contributed by atoms with van der Waals surface area (Å²) < 4.78 is 1.94. The molecule has 0 aliphatic rings. The summed E-state index contributed by atoms with van der Waals surface area (Å²) in [5, 5.41) is 0. The quantitative estimate of drug-likeness (QED) is 0.792. The van der Waals surface area contributed by atoms with Crippen LogP contribution >= 0.6 is 0 Å². The largest absolute Gasteiger partial charge is 0.323 e. The maximum absolute atomic E-state index is 12.1. The van der Waals surface area contributed by atoms with Crippen molar-refractivity contribution in [3.63, 3.8) is 0 Å². The molecule has 19 heavy (non-hydrogen) atoms. The first-order chi connectivity index (χ1) is 9.06. The molecule has 2 aromatic rings. The Bertz CT molecular complexity index is 557.